The molecule has 34 heavy (non-hydrogen) atoms. The molecule has 0 bridgehead atoms. The summed E-state index contributed by atoms with van der Waals surface area (Å²) in [5, 5.41) is 3.12. The quantitative estimate of drug-likeness (QED) is 0.413. The molecule has 1 heterocycles. The normalized spacial score (nSPS) is 10.7. The first-order chi connectivity index (χ1) is 16.4. The number of anilines is 1. The van der Waals surface area contributed by atoms with Crippen molar-refractivity contribution in [3.8, 4) is 28.6 Å². The van der Waals surface area contributed by atoms with Gasteiger partial charge in [-0.25, -0.2) is 0 Å². The minimum atomic E-state index is -0.468. The van der Waals surface area contributed by atoms with Gasteiger partial charge in [-0.05, 0) is 43.7 Å². The lowest BCUT2D eigenvalue weighted by molar-refractivity contribution is -0.118. The second-order valence-corrected chi connectivity index (χ2v) is 7.86. The van der Waals surface area contributed by atoms with Crippen LogP contribution < -0.4 is 25.0 Å². The molecule has 7 heteroatoms. The molecule has 0 aliphatic heterocycles. The van der Waals surface area contributed by atoms with Crippen molar-refractivity contribution in [2.75, 3.05) is 26.1 Å². The number of fused-ring (bicyclic) bond motifs is 1. The fraction of sp³-hybridized carbons (Fsp3) is 0.185. The summed E-state index contributed by atoms with van der Waals surface area (Å²) < 4.78 is 22.4. The maximum Gasteiger partial charge on any atom is 0.262 e. The predicted octanol–water partition coefficient (Wildman–Crippen LogP) is 5.11. The number of rotatable bonds is 7. The standard InChI is InChI=1S/C27H25NO6/c1-16-5-8-18(9-6-16)26-27(25(30)20-11-7-17(2)13-23(20)34-26)33-15-24(29)28-21-14-19(31-3)10-12-22(21)32-4/h5-14H,15H2,1-4H3,(H,28,29). The highest BCUT2D eigenvalue weighted by molar-refractivity contribution is 5.94. The molecule has 7 nitrogen and oxygen atoms in total. The summed E-state index contributed by atoms with van der Waals surface area (Å²) in [4.78, 5) is 26.0. The van der Waals surface area contributed by atoms with Gasteiger partial charge < -0.3 is 23.9 Å². The lowest BCUT2D eigenvalue weighted by atomic mass is 10.1. The van der Waals surface area contributed by atoms with E-state index in [0.29, 0.717) is 33.7 Å². The minimum Gasteiger partial charge on any atom is -0.497 e. The Labute approximate surface area is 196 Å². The molecule has 174 valence electrons. The fourth-order valence-electron chi connectivity index (χ4n) is 3.55. The molecule has 0 saturated carbocycles. The maximum absolute atomic E-state index is 13.3. The molecular weight excluding hydrogens is 434 g/mol. The van der Waals surface area contributed by atoms with Crippen molar-refractivity contribution >= 4 is 22.6 Å². The molecule has 0 unspecified atom stereocenters. The van der Waals surface area contributed by atoms with E-state index in [-0.39, 0.29) is 16.9 Å². The van der Waals surface area contributed by atoms with Gasteiger partial charge in [0.25, 0.3) is 5.91 Å². The highest BCUT2D eigenvalue weighted by Gasteiger charge is 2.19. The van der Waals surface area contributed by atoms with Gasteiger partial charge in [-0.2, -0.15) is 0 Å². The third-order valence-corrected chi connectivity index (χ3v) is 5.35. The molecule has 0 radical (unpaired) electrons. The molecule has 1 aromatic heterocycles. The molecule has 4 rings (SSSR count). The van der Waals surface area contributed by atoms with E-state index < -0.39 is 12.5 Å². The third-order valence-electron chi connectivity index (χ3n) is 5.35. The molecule has 0 fully saturated rings. The predicted molar refractivity (Wildman–Crippen MR) is 131 cm³/mol. The number of aryl methyl sites for hydroxylation is 2. The van der Waals surface area contributed by atoms with Gasteiger partial charge in [0, 0.05) is 11.6 Å². The number of amides is 1. The average molecular weight is 459 g/mol. The minimum absolute atomic E-state index is 0.0204. The van der Waals surface area contributed by atoms with Crippen LogP contribution in [0.4, 0.5) is 5.69 Å². The first kappa shape index (κ1) is 22.9. The van der Waals surface area contributed by atoms with Crippen LogP contribution in [0.25, 0.3) is 22.3 Å². The van der Waals surface area contributed by atoms with Gasteiger partial charge in [0.05, 0.1) is 25.3 Å². The van der Waals surface area contributed by atoms with Gasteiger partial charge in [0.1, 0.15) is 17.1 Å². The Bertz CT molecular complexity index is 1410. The first-order valence-corrected chi connectivity index (χ1v) is 10.7. The number of carbonyl (C=O) groups excluding carboxylic acids is 1. The summed E-state index contributed by atoms with van der Waals surface area (Å²) in [7, 11) is 3.04. The summed E-state index contributed by atoms with van der Waals surface area (Å²) in [6.45, 7) is 3.49. The Hall–Kier alpha value is -4.26. The van der Waals surface area contributed by atoms with Crippen LogP contribution in [-0.4, -0.2) is 26.7 Å². The van der Waals surface area contributed by atoms with E-state index in [0.717, 1.165) is 11.1 Å². The summed E-state index contributed by atoms with van der Waals surface area (Å²) in [6.07, 6.45) is 0. The molecule has 0 atom stereocenters. The number of hydrogen-bond donors (Lipinski definition) is 1. The summed E-state index contributed by atoms with van der Waals surface area (Å²) in [6, 6.07) is 17.9. The number of hydrogen-bond acceptors (Lipinski definition) is 6. The van der Waals surface area contributed by atoms with Crippen molar-refractivity contribution in [3.05, 3.63) is 82.0 Å². The molecule has 0 saturated heterocycles. The van der Waals surface area contributed by atoms with Crippen molar-refractivity contribution in [2.24, 2.45) is 0 Å². The van der Waals surface area contributed by atoms with Gasteiger partial charge >= 0.3 is 0 Å². The van der Waals surface area contributed by atoms with Crippen LogP contribution >= 0.6 is 0 Å². The summed E-state index contributed by atoms with van der Waals surface area (Å²) in [5.74, 6) is 0.812. The third kappa shape index (κ3) is 4.73. The second kappa shape index (κ2) is 9.70. The molecule has 0 aliphatic rings. The number of carbonyl (C=O) groups is 1. The van der Waals surface area contributed by atoms with Crippen LogP contribution in [0.15, 0.2) is 69.9 Å². The molecule has 3 aromatic carbocycles. The molecular formula is C27H25NO6. The Balaban J connectivity index is 1.67. The van der Waals surface area contributed by atoms with Gasteiger partial charge in [-0.3, -0.25) is 9.59 Å². The SMILES string of the molecule is COc1ccc(OC)c(NC(=O)COc2c(-c3ccc(C)cc3)oc3cc(C)ccc3c2=O)c1. The van der Waals surface area contributed by atoms with Crippen molar-refractivity contribution in [1.29, 1.82) is 0 Å². The maximum atomic E-state index is 13.3. The van der Waals surface area contributed by atoms with Crippen LogP contribution in [0, 0.1) is 13.8 Å². The fourth-order valence-corrected chi connectivity index (χ4v) is 3.55. The van der Waals surface area contributed by atoms with Gasteiger partial charge in [-0.15, -0.1) is 0 Å². The zero-order valence-corrected chi connectivity index (χ0v) is 19.4. The van der Waals surface area contributed by atoms with Gasteiger partial charge in [-0.1, -0.05) is 35.9 Å². The molecule has 1 amide bonds. The van der Waals surface area contributed by atoms with Crippen molar-refractivity contribution < 1.29 is 23.4 Å². The smallest absolute Gasteiger partial charge is 0.262 e. The van der Waals surface area contributed by atoms with E-state index >= 15 is 0 Å². The largest absolute Gasteiger partial charge is 0.497 e. The van der Waals surface area contributed by atoms with Crippen LogP contribution in [0.2, 0.25) is 0 Å². The Morgan fingerprint density at radius 3 is 2.35 bits per heavy atom. The number of ether oxygens (including phenoxy) is 3. The van der Waals surface area contributed by atoms with Crippen LogP contribution in [0.5, 0.6) is 17.2 Å². The number of nitrogens with one attached hydrogen (secondary N) is 1. The van der Waals surface area contributed by atoms with E-state index in [9.17, 15) is 9.59 Å². The van der Waals surface area contributed by atoms with Crippen LogP contribution in [-0.2, 0) is 4.79 Å². The second-order valence-electron chi connectivity index (χ2n) is 7.86. The summed E-state index contributed by atoms with van der Waals surface area (Å²) in [5.41, 5.74) is 3.25. The van der Waals surface area contributed by atoms with Crippen LogP contribution in [0.3, 0.4) is 0 Å². The monoisotopic (exact) mass is 459 g/mol. The Morgan fingerprint density at radius 2 is 1.65 bits per heavy atom. The van der Waals surface area contributed by atoms with E-state index in [1.807, 2.05) is 44.2 Å². The molecule has 1 N–H and O–H groups in total. The average Bonchev–Trinajstić information content (AvgIpc) is 2.83. The van der Waals surface area contributed by atoms with E-state index in [2.05, 4.69) is 5.32 Å². The van der Waals surface area contributed by atoms with Gasteiger partial charge in [0.15, 0.2) is 12.4 Å². The van der Waals surface area contributed by atoms with E-state index in [1.165, 1.54) is 14.2 Å². The van der Waals surface area contributed by atoms with Gasteiger partial charge in [0.2, 0.25) is 11.2 Å². The topological polar surface area (TPSA) is 87.0 Å². The van der Waals surface area contributed by atoms with E-state index in [4.69, 9.17) is 18.6 Å². The van der Waals surface area contributed by atoms with Crippen LogP contribution in [0.1, 0.15) is 11.1 Å². The Kier molecular flexibility index (Phi) is 6.54. The summed E-state index contributed by atoms with van der Waals surface area (Å²) >= 11 is 0. The molecule has 0 spiro atoms. The zero-order chi connectivity index (χ0) is 24.2. The van der Waals surface area contributed by atoms with Crippen molar-refractivity contribution in [2.45, 2.75) is 13.8 Å². The van der Waals surface area contributed by atoms with Crippen molar-refractivity contribution in [1.82, 2.24) is 0 Å². The highest BCUT2D eigenvalue weighted by Crippen LogP contribution is 2.32. The van der Waals surface area contributed by atoms with E-state index in [1.54, 1.807) is 30.3 Å². The highest BCUT2D eigenvalue weighted by atomic mass is 16.5. The number of methoxy groups -OCH3 is 2. The number of benzene rings is 3. The zero-order valence-electron chi connectivity index (χ0n) is 19.4. The lowest BCUT2D eigenvalue weighted by Crippen LogP contribution is -2.23. The molecule has 0 aliphatic carbocycles. The first-order valence-electron chi connectivity index (χ1n) is 10.7. The lowest BCUT2D eigenvalue weighted by Gasteiger charge is -2.14. The van der Waals surface area contributed by atoms with Crippen molar-refractivity contribution in [3.63, 3.8) is 0 Å². The molecule has 4 aromatic rings. The Morgan fingerprint density at radius 1 is 0.912 bits per heavy atom.